The Hall–Kier alpha value is -1.43. The van der Waals surface area contributed by atoms with E-state index in [0.717, 1.165) is 15.3 Å². The molecule has 0 radical (unpaired) electrons. The van der Waals surface area contributed by atoms with Crippen LogP contribution in [0.3, 0.4) is 0 Å². The average Bonchev–Trinajstić information content (AvgIpc) is 3.07. The number of carbonyl (C=O) groups is 1. The SMILES string of the molecule is Cc1ccsc1-c1ccc(-c2sccc2CC(=O)O)s1. The molecule has 0 unspecified atom stereocenters. The number of hydrogen-bond acceptors (Lipinski definition) is 4. The first-order valence-electron chi connectivity index (χ1n) is 6.08. The van der Waals surface area contributed by atoms with Gasteiger partial charge in [-0.05, 0) is 53.1 Å². The van der Waals surface area contributed by atoms with Gasteiger partial charge in [0, 0.05) is 19.5 Å². The first kappa shape index (κ1) is 13.5. The molecular weight excluding hydrogens is 308 g/mol. The summed E-state index contributed by atoms with van der Waals surface area (Å²) in [6.45, 7) is 2.12. The minimum atomic E-state index is -0.782. The summed E-state index contributed by atoms with van der Waals surface area (Å²) in [6.07, 6.45) is 0.0874. The lowest BCUT2D eigenvalue weighted by Gasteiger charge is -1.98. The Balaban J connectivity index is 1.97. The van der Waals surface area contributed by atoms with Crippen LogP contribution in [0.2, 0.25) is 0 Å². The number of aliphatic carboxylic acids is 1. The molecule has 0 aliphatic rings. The molecule has 0 aliphatic heterocycles. The zero-order valence-corrected chi connectivity index (χ0v) is 13.2. The van der Waals surface area contributed by atoms with Crippen molar-refractivity contribution in [1.82, 2.24) is 0 Å². The lowest BCUT2D eigenvalue weighted by molar-refractivity contribution is -0.136. The summed E-state index contributed by atoms with van der Waals surface area (Å²) in [7, 11) is 0. The first-order chi connectivity index (χ1) is 9.65. The summed E-state index contributed by atoms with van der Waals surface area (Å²) in [5.41, 5.74) is 2.19. The second-order valence-corrected chi connectivity index (χ2v) is 7.36. The molecule has 3 aromatic rings. The summed E-state index contributed by atoms with van der Waals surface area (Å²) in [4.78, 5) is 15.7. The molecular formula is C15H12O2S3. The molecule has 0 saturated heterocycles. The van der Waals surface area contributed by atoms with Gasteiger partial charge in [0.25, 0.3) is 0 Å². The van der Waals surface area contributed by atoms with E-state index in [1.807, 2.05) is 11.4 Å². The molecule has 20 heavy (non-hydrogen) atoms. The third kappa shape index (κ3) is 2.57. The highest BCUT2D eigenvalue weighted by Gasteiger charge is 2.14. The molecule has 3 rings (SSSR count). The standard InChI is InChI=1S/C15H12O2S3/c1-9-4-6-18-14(9)11-2-3-12(20-11)15-10(5-7-19-15)8-13(16)17/h2-7H,8H2,1H3,(H,16,17). The Morgan fingerprint density at radius 3 is 2.35 bits per heavy atom. The van der Waals surface area contributed by atoms with E-state index in [0.29, 0.717) is 0 Å². The number of carboxylic acids is 1. The Kier molecular flexibility index (Phi) is 3.74. The Morgan fingerprint density at radius 1 is 1.05 bits per heavy atom. The van der Waals surface area contributed by atoms with Gasteiger partial charge < -0.3 is 5.11 Å². The monoisotopic (exact) mass is 320 g/mol. The van der Waals surface area contributed by atoms with Gasteiger partial charge in [-0.1, -0.05) is 0 Å². The van der Waals surface area contributed by atoms with E-state index < -0.39 is 5.97 Å². The fraction of sp³-hybridized carbons (Fsp3) is 0.133. The van der Waals surface area contributed by atoms with Gasteiger partial charge in [-0.2, -0.15) is 0 Å². The van der Waals surface area contributed by atoms with Crippen molar-refractivity contribution in [1.29, 1.82) is 0 Å². The highest BCUT2D eigenvalue weighted by atomic mass is 32.1. The maximum atomic E-state index is 10.9. The molecule has 0 aromatic carbocycles. The number of aryl methyl sites for hydroxylation is 1. The topological polar surface area (TPSA) is 37.3 Å². The van der Waals surface area contributed by atoms with Crippen LogP contribution >= 0.6 is 34.0 Å². The van der Waals surface area contributed by atoms with E-state index in [2.05, 4.69) is 30.5 Å². The van der Waals surface area contributed by atoms with E-state index in [1.54, 1.807) is 34.0 Å². The molecule has 0 aliphatic carbocycles. The molecule has 3 aromatic heterocycles. The highest BCUT2D eigenvalue weighted by molar-refractivity contribution is 7.25. The van der Waals surface area contributed by atoms with Crippen molar-refractivity contribution in [3.63, 3.8) is 0 Å². The number of carboxylic acid groups (broad SMARTS) is 1. The van der Waals surface area contributed by atoms with Crippen LogP contribution < -0.4 is 0 Å². The van der Waals surface area contributed by atoms with E-state index in [9.17, 15) is 4.79 Å². The molecule has 0 saturated carbocycles. The van der Waals surface area contributed by atoms with Crippen molar-refractivity contribution in [2.24, 2.45) is 0 Å². The van der Waals surface area contributed by atoms with Gasteiger partial charge in [0.2, 0.25) is 0 Å². The molecule has 0 spiro atoms. The zero-order valence-electron chi connectivity index (χ0n) is 10.8. The third-order valence-corrected chi connectivity index (χ3v) is 6.42. The smallest absolute Gasteiger partial charge is 0.307 e. The molecule has 2 nitrogen and oxygen atoms in total. The molecule has 0 bridgehead atoms. The van der Waals surface area contributed by atoms with Gasteiger partial charge in [0.15, 0.2) is 0 Å². The molecule has 1 N–H and O–H groups in total. The van der Waals surface area contributed by atoms with E-state index in [4.69, 9.17) is 5.11 Å². The predicted molar refractivity (Wildman–Crippen MR) is 87.0 cm³/mol. The number of thiophene rings is 3. The molecule has 0 fully saturated rings. The van der Waals surface area contributed by atoms with Crippen LogP contribution in [0.4, 0.5) is 0 Å². The van der Waals surface area contributed by atoms with Gasteiger partial charge in [-0.25, -0.2) is 0 Å². The predicted octanol–water partition coefficient (Wildman–Crippen LogP) is 5.14. The lowest BCUT2D eigenvalue weighted by Crippen LogP contribution is -1.99. The first-order valence-corrected chi connectivity index (χ1v) is 8.65. The summed E-state index contributed by atoms with van der Waals surface area (Å²) < 4.78 is 0. The second-order valence-electron chi connectivity index (χ2n) is 4.44. The Bertz CT molecular complexity index is 749. The van der Waals surface area contributed by atoms with E-state index in [-0.39, 0.29) is 6.42 Å². The fourth-order valence-electron chi connectivity index (χ4n) is 2.06. The Labute approximate surface area is 129 Å². The second kappa shape index (κ2) is 5.52. The summed E-state index contributed by atoms with van der Waals surface area (Å²) in [6, 6.07) is 8.25. The molecule has 5 heteroatoms. The molecule has 0 amide bonds. The molecule has 3 heterocycles. The van der Waals surface area contributed by atoms with Crippen molar-refractivity contribution < 1.29 is 9.90 Å². The Morgan fingerprint density at radius 2 is 1.70 bits per heavy atom. The van der Waals surface area contributed by atoms with Crippen molar-refractivity contribution in [2.45, 2.75) is 13.3 Å². The third-order valence-electron chi connectivity index (χ3n) is 3.00. The van der Waals surface area contributed by atoms with Crippen molar-refractivity contribution in [3.05, 3.63) is 46.2 Å². The van der Waals surface area contributed by atoms with Crippen molar-refractivity contribution in [3.8, 4) is 19.5 Å². The fourth-order valence-corrected chi connectivity index (χ4v) is 5.28. The largest absolute Gasteiger partial charge is 0.481 e. The van der Waals surface area contributed by atoms with Crippen molar-refractivity contribution in [2.75, 3.05) is 0 Å². The molecule has 102 valence electrons. The normalized spacial score (nSPS) is 10.8. The zero-order chi connectivity index (χ0) is 14.1. The quantitative estimate of drug-likeness (QED) is 0.722. The number of rotatable bonds is 4. The van der Waals surface area contributed by atoms with Crippen LogP contribution in [0.5, 0.6) is 0 Å². The minimum Gasteiger partial charge on any atom is -0.481 e. The van der Waals surface area contributed by atoms with E-state index >= 15 is 0 Å². The van der Waals surface area contributed by atoms with Gasteiger partial charge >= 0.3 is 5.97 Å². The highest BCUT2D eigenvalue weighted by Crippen LogP contribution is 2.41. The van der Waals surface area contributed by atoms with Crippen LogP contribution in [0, 0.1) is 6.92 Å². The van der Waals surface area contributed by atoms with E-state index in [1.165, 1.54) is 15.3 Å². The minimum absolute atomic E-state index is 0.0874. The van der Waals surface area contributed by atoms with Gasteiger partial charge in [-0.15, -0.1) is 34.0 Å². The summed E-state index contributed by atoms with van der Waals surface area (Å²) in [5, 5.41) is 13.0. The van der Waals surface area contributed by atoms with Crippen LogP contribution in [-0.2, 0) is 11.2 Å². The lowest BCUT2D eigenvalue weighted by atomic mass is 10.2. The van der Waals surface area contributed by atoms with Crippen LogP contribution in [0.25, 0.3) is 19.5 Å². The maximum Gasteiger partial charge on any atom is 0.307 e. The number of hydrogen-bond donors (Lipinski definition) is 1. The maximum absolute atomic E-state index is 10.9. The van der Waals surface area contributed by atoms with Gasteiger partial charge in [0.1, 0.15) is 0 Å². The van der Waals surface area contributed by atoms with Gasteiger partial charge in [0.05, 0.1) is 6.42 Å². The van der Waals surface area contributed by atoms with Crippen LogP contribution in [0.1, 0.15) is 11.1 Å². The van der Waals surface area contributed by atoms with Gasteiger partial charge in [-0.3, -0.25) is 4.79 Å². The molecule has 0 atom stereocenters. The van der Waals surface area contributed by atoms with Crippen molar-refractivity contribution >= 4 is 40.0 Å². The van der Waals surface area contributed by atoms with Crippen LogP contribution in [0.15, 0.2) is 35.0 Å². The summed E-state index contributed by atoms with van der Waals surface area (Å²) >= 11 is 5.09. The summed E-state index contributed by atoms with van der Waals surface area (Å²) in [5.74, 6) is -0.782. The average molecular weight is 320 g/mol. The van der Waals surface area contributed by atoms with Crippen LogP contribution in [-0.4, -0.2) is 11.1 Å².